The molecule has 2 N–H and O–H groups in total. The first-order chi connectivity index (χ1) is 9.81. The van der Waals surface area contributed by atoms with Crippen LogP contribution >= 0.6 is 0 Å². The number of aliphatic hydroxyl groups is 1. The van der Waals surface area contributed by atoms with Gasteiger partial charge in [0.2, 0.25) is 0 Å². The maximum atomic E-state index is 12.6. The summed E-state index contributed by atoms with van der Waals surface area (Å²) in [4.78, 5) is 19.7. The minimum Gasteiger partial charge on any atom is -0.382 e. The molecule has 0 bridgehead atoms. The molecule has 0 saturated carbocycles. The maximum Gasteiger partial charge on any atom is 0.415 e. The minimum absolute atomic E-state index is 0.0981. The number of likely N-dealkylation sites (tertiary alicyclic amines) is 1. The van der Waals surface area contributed by atoms with Crippen molar-refractivity contribution in [1.29, 1.82) is 0 Å². The third-order valence-corrected chi connectivity index (χ3v) is 3.67. The van der Waals surface area contributed by atoms with E-state index in [4.69, 9.17) is 0 Å². The summed E-state index contributed by atoms with van der Waals surface area (Å²) >= 11 is 0. The van der Waals surface area contributed by atoms with E-state index in [-0.39, 0.29) is 18.5 Å². The van der Waals surface area contributed by atoms with Crippen LogP contribution in [0.3, 0.4) is 0 Å². The van der Waals surface area contributed by atoms with Gasteiger partial charge in [-0.05, 0) is 25.8 Å². The van der Waals surface area contributed by atoms with Crippen molar-refractivity contribution in [2.45, 2.75) is 51.1 Å². The molecule has 2 atom stereocenters. The fourth-order valence-electron chi connectivity index (χ4n) is 2.64. The van der Waals surface area contributed by atoms with E-state index in [0.717, 1.165) is 0 Å². The predicted octanol–water partition coefficient (Wildman–Crippen LogP) is 1.22. The summed E-state index contributed by atoms with van der Waals surface area (Å²) in [7, 11) is 0. The second-order valence-electron chi connectivity index (χ2n) is 5.20. The van der Waals surface area contributed by atoms with Gasteiger partial charge in [0.15, 0.2) is 6.10 Å². The van der Waals surface area contributed by atoms with Crippen molar-refractivity contribution in [3.63, 3.8) is 0 Å². The van der Waals surface area contributed by atoms with Crippen molar-refractivity contribution < 1.29 is 18.3 Å². The first kappa shape index (κ1) is 16.0. The number of halogens is 3. The van der Waals surface area contributed by atoms with Crippen LogP contribution in [0, 0.1) is 0 Å². The lowest BCUT2D eigenvalue weighted by molar-refractivity contribution is -0.219. The molecule has 0 spiro atoms. The fraction of sp³-hybridized carbons (Fsp3) is 0.692. The molecule has 0 amide bonds. The summed E-state index contributed by atoms with van der Waals surface area (Å²) in [6.45, 7) is 2.39. The van der Waals surface area contributed by atoms with E-state index in [0.29, 0.717) is 30.9 Å². The van der Waals surface area contributed by atoms with Crippen LogP contribution in [0.1, 0.15) is 31.3 Å². The summed E-state index contributed by atoms with van der Waals surface area (Å²) in [5.74, 6) is 0.334. The van der Waals surface area contributed by atoms with E-state index < -0.39 is 18.3 Å². The summed E-state index contributed by atoms with van der Waals surface area (Å²) in [6.07, 6.45) is -5.58. The second-order valence-corrected chi connectivity index (χ2v) is 5.20. The van der Waals surface area contributed by atoms with Crippen LogP contribution in [-0.2, 0) is 13.0 Å². The van der Waals surface area contributed by atoms with E-state index in [1.807, 2.05) is 6.92 Å². The molecule has 2 rings (SSSR count). The lowest BCUT2D eigenvalue weighted by Crippen LogP contribution is -2.46. The molecule has 1 aliphatic rings. The van der Waals surface area contributed by atoms with Crippen molar-refractivity contribution in [1.82, 2.24) is 14.9 Å². The van der Waals surface area contributed by atoms with Gasteiger partial charge in [0, 0.05) is 17.8 Å². The van der Waals surface area contributed by atoms with Crippen LogP contribution in [0.4, 0.5) is 13.2 Å². The molecule has 1 aromatic rings. The number of H-pyrrole nitrogens is 1. The number of aromatic amines is 1. The molecule has 5 nitrogen and oxygen atoms in total. The number of aliphatic hydroxyl groups excluding tert-OH is 1. The van der Waals surface area contributed by atoms with Gasteiger partial charge in [0.1, 0.15) is 5.82 Å². The number of aryl methyl sites for hydroxylation is 1. The van der Waals surface area contributed by atoms with Gasteiger partial charge in [0.05, 0.1) is 6.54 Å². The molecule has 8 heteroatoms. The number of nitrogens with zero attached hydrogens (tertiary/aromatic N) is 2. The Balaban J connectivity index is 2.15. The summed E-state index contributed by atoms with van der Waals surface area (Å²) in [5, 5.41) is 9.43. The molecule has 21 heavy (non-hydrogen) atoms. The highest BCUT2D eigenvalue weighted by atomic mass is 19.4. The van der Waals surface area contributed by atoms with Crippen molar-refractivity contribution in [2.24, 2.45) is 0 Å². The van der Waals surface area contributed by atoms with Gasteiger partial charge in [-0.2, -0.15) is 13.2 Å². The molecule has 2 heterocycles. The SMILES string of the molecule is CCc1cc(=O)[nH]c(CN2CCC[C@H]2[C@@H](O)C(F)(F)F)n1. The number of rotatable bonds is 4. The normalized spacial score (nSPS) is 21.7. The Kier molecular flexibility index (Phi) is 4.67. The molecule has 1 fully saturated rings. The Hall–Kier alpha value is -1.41. The zero-order valence-corrected chi connectivity index (χ0v) is 11.7. The number of aromatic nitrogens is 2. The van der Waals surface area contributed by atoms with Crippen molar-refractivity contribution in [3.05, 3.63) is 27.9 Å². The van der Waals surface area contributed by atoms with Crippen LogP contribution in [0.25, 0.3) is 0 Å². The average Bonchev–Trinajstić information content (AvgIpc) is 2.83. The maximum absolute atomic E-state index is 12.6. The highest BCUT2D eigenvalue weighted by molar-refractivity contribution is 5.03. The standard InChI is InChI=1S/C13H18F3N3O2/c1-2-8-6-11(20)18-10(17-8)7-19-5-3-4-9(19)12(21)13(14,15)16/h6,9,12,21H,2-5,7H2,1H3,(H,17,18,20)/t9-,12+/m0/s1. The van der Waals surface area contributed by atoms with Gasteiger partial charge in [-0.25, -0.2) is 4.98 Å². The number of nitrogens with one attached hydrogen (secondary N) is 1. The van der Waals surface area contributed by atoms with Crippen LogP contribution in [0.15, 0.2) is 10.9 Å². The van der Waals surface area contributed by atoms with Crippen LogP contribution in [-0.4, -0.2) is 44.8 Å². The second kappa shape index (κ2) is 6.15. The largest absolute Gasteiger partial charge is 0.415 e. The summed E-state index contributed by atoms with van der Waals surface area (Å²) in [5.41, 5.74) is 0.282. The summed E-state index contributed by atoms with van der Waals surface area (Å²) < 4.78 is 37.9. The zero-order valence-electron chi connectivity index (χ0n) is 11.7. The van der Waals surface area contributed by atoms with Gasteiger partial charge in [0.25, 0.3) is 5.56 Å². The van der Waals surface area contributed by atoms with Crippen molar-refractivity contribution >= 4 is 0 Å². The first-order valence-corrected chi connectivity index (χ1v) is 6.89. The third kappa shape index (κ3) is 3.82. The first-order valence-electron chi connectivity index (χ1n) is 6.89. The van der Waals surface area contributed by atoms with Crippen LogP contribution in [0.2, 0.25) is 0 Å². The highest BCUT2D eigenvalue weighted by Gasteiger charge is 2.47. The molecule has 1 aliphatic heterocycles. The van der Waals surface area contributed by atoms with Crippen molar-refractivity contribution in [3.8, 4) is 0 Å². The van der Waals surface area contributed by atoms with Gasteiger partial charge in [-0.1, -0.05) is 6.92 Å². The molecular weight excluding hydrogens is 287 g/mol. The minimum atomic E-state index is -4.64. The molecule has 0 unspecified atom stereocenters. The predicted molar refractivity (Wildman–Crippen MR) is 69.7 cm³/mol. The van der Waals surface area contributed by atoms with E-state index in [1.165, 1.54) is 11.0 Å². The summed E-state index contributed by atoms with van der Waals surface area (Å²) in [6, 6.07) is 0.385. The average molecular weight is 305 g/mol. The number of alkyl halides is 3. The van der Waals surface area contributed by atoms with E-state index in [2.05, 4.69) is 9.97 Å². The topological polar surface area (TPSA) is 69.2 Å². The van der Waals surface area contributed by atoms with E-state index in [9.17, 15) is 23.1 Å². The molecule has 0 aromatic carbocycles. The van der Waals surface area contributed by atoms with Gasteiger partial charge < -0.3 is 10.1 Å². The monoisotopic (exact) mass is 305 g/mol. The Morgan fingerprint density at radius 2 is 2.29 bits per heavy atom. The van der Waals surface area contributed by atoms with Gasteiger partial charge >= 0.3 is 6.18 Å². The van der Waals surface area contributed by atoms with Crippen LogP contribution in [0.5, 0.6) is 0 Å². The molecule has 118 valence electrons. The molecule has 0 radical (unpaired) electrons. The molecular formula is C13H18F3N3O2. The quantitative estimate of drug-likeness (QED) is 0.877. The number of hydrogen-bond donors (Lipinski definition) is 2. The molecule has 1 saturated heterocycles. The van der Waals surface area contributed by atoms with Crippen molar-refractivity contribution in [2.75, 3.05) is 6.54 Å². The lowest BCUT2D eigenvalue weighted by Gasteiger charge is -2.29. The number of hydrogen-bond acceptors (Lipinski definition) is 4. The smallest absolute Gasteiger partial charge is 0.382 e. The zero-order chi connectivity index (χ0) is 15.6. The van der Waals surface area contributed by atoms with E-state index in [1.54, 1.807) is 0 Å². The Morgan fingerprint density at radius 1 is 1.57 bits per heavy atom. The molecule has 0 aliphatic carbocycles. The lowest BCUT2D eigenvalue weighted by atomic mass is 10.1. The van der Waals surface area contributed by atoms with Crippen LogP contribution < -0.4 is 5.56 Å². The molecule has 1 aromatic heterocycles. The Labute approximate surface area is 119 Å². The highest BCUT2D eigenvalue weighted by Crippen LogP contribution is 2.31. The van der Waals surface area contributed by atoms with Gasteiger partial charge in [-0.3, -0.25) is 9.69 Å². The Bertz CT molecular complexity index is 544. The van der Waals surface area contributed by atoms with E-state index >= 15 is 0 Å². The Morgan fingerprint density at radius 3 is 2.90 bits per heavy atom. The van der Waals surface area contributed by atoms with Gasteiger partial charge in [-0.15, -0.1) is 0 Å². The third-order valence-electron chi connectivity index (χ3n) is 3.67. The fourth-order valence-corrected chi connectivity index (χ4v) is 2.64.